The molecule has 1 rings (SSSR count). The molecule has 0 spiro atoms. The van der Waals surface area contributed by atoms with E-state index in [0.717, 1.165) is 13.2 Å². The van der Waals surface area contributed by atoms with Crippen LogP contribution in [0.4, 0.5) is 0 Å². The van der Waals surface area contributed by atoms with Gasteiger partial charge in [0, 0.05) is 0 Å². The zero-order valence-electron chi connectivity index (χ0n) is 6.94. The van der Waals surface area contributed by atoms with E-state index in [1.807, 2.05) is 0 Å². The second-order valence-electron chi connectivity index (χ2n) is 2.94. The molecule has 0 atom stereocenters. The van der Waals surface area contributed by atoms with E-state index in [0.29, 0.717) is 0 Å². The summed E-state index contributed by atoms with van der Waals surface area (Å²) in [5.74, 6) is 0. The van der Waals surface area contributed by atoms with Gasteiger partial charge >= 0.3 is 0 Å². The Labute approximate surface area is 63.1 Å². The molecule has 1 heteroatoms. The third-order valence-electron chi connectivity index (χ3n) is 2.02. The van der Waals surface area contributed by atoms with E-state index in [9.17, 15) is 0 Å². The molecule has 0 saturated heterocycles. The topological polar surface area (TPSA) is 9.23 Å². The monoisotopic (exact) mass is 140 g/mol. The smallest absolute Gasteiger partial charge is 0.0676 e. The van der Waals surface area contributed by atoms with Gasteiger partial charge in [0.15, 0.2) is 0 Å². The molecule has 0 saturated carbocycles. The van der Waals surface area contributed by atoms with Gasteiger partial charge in [0.05, 0.1) is 13.2 Å². The van der Waals surface area contributed by atoms with Crippen molar-refractivity contribution in [2.75, 3.05) is 13.2 Å². The van der Waals surface area contributed by atoms with E-state index in [1.54, 1.807) is 5.57 Å². The lowest BCUT2D eigenvalue weighted by Gasteiger charge is -2.17. The Morgan fingerprint density at radius 2 is 2.30 bits per heavy atom. The molecule has 1 aliphatic heterocycles. The minimum atomic E-state index is 0.870. The molecule has 0 aromatic rings. The second-order valence-corrected chi connectivity index (χ2v) is 2.94. The van der Waals surface area contributed by atoms with Gasteiger partial charge in [0.1, 0.15) is 0 Å². The molecule has 0 unspecified atom stereocenters. The Morgan fingerprint density at radius 3 is 2.90 bits per heavy atom. The van der Waals surface area contributed by atoms with Crippen molar-refractivity contribution in [2.45, 2.75) is 33.1 Å². The molecule has 0 amide bonds. The number of hydrogen-bond donors (Lipinski definition) is 0. The van der Waals surface area contributed by atoms with Gasteiger partial charge in [-0.05, 0) is 25.3 Å². The van der Waals surface area contributed by atoms with Crippen LogP contribution in [0.1, 0.15) is 33.1 Å². The second kappa shape index (κ2) is 3.77. The summed E-state index contributed by atoms with van der Waals surface area (Å²) in [6.45, 7) is 6.22. The van der Waals surface area contributed by atoms with Gasteiger partial charge < -0.3 is 4.74 Å². The first-order valence-corrected chi connectivity index (χ1v) is 4.10. The average molecular weight is 140 g/mol. The predicted molar refractivity (Wildman–Crippen MR) is 43.0 cm³/mol. The molecule has 10 heavy (non-hydrogen) atoms. The summed E-state index contributed by atoms with van der Waals surface area (Å²) < 4.78 is 5.30. The molecule has 1 aliphatic rings. The average Bonchev–Trinajstić information content (AvgIpc) is 1.94. The molecule has 0 bridgehead atoms. The Kier molecular flexibility index (Phi) is 2.94. The van der Waals surface area contributed by atoms with E-state index < -0.39 is 0 Å². The van der Waals surface area contributed by atoms with Gasteiger partial charge in [0.25, 0.3) is 0 Å². The lowest BCUT2D eigenvalue weighted by atomic mass is 10.0. The van der Waals surface area contributed by atoms with Crippen LogP contribution in [0.3, 0.4) is 0 Å². The third kappa shape index (κ3) is 1.84. The normalized spacial score (nSPS) is 19.8. The maximum Gasteiger partial charge on any atom is 0.0676 e. The first kappa shape index (κ1) is 7.80. The molecule has 0 N–H and O–H groups in total. The summed E-state index contributed by atoms with van der Waals surface area (Å²) in [4.78, 5) is 0. The highest BCUT2D eigenvalue weighted by Crippen LogP contribution is 2.19. The highest BCUT2D eigenvalue weighted by molar-refractivity contribution is 5.14. The van der Waals surface area contributed by atoms with Gasteiger partial charge in [-0.1, -0.05) is 18.9 Å². The zero-order valence-corrected chi connectivity index (χ0v) is 6.94. The summed E-state index contributed by atoms with van der Waals surface area (Å²) >= 11 is 0. The number of ether oxygens (including phenoxy) is 1. The summed E-state index contributed by atoms with van der Waals surface area (Å²) in [6.07, 6.45) is 3.71. The summed E-state index contributed by atoms with van der Waals surface area (Å²) in [5.41, 5.74) is 3.10. The highest BCUT2D eigenvalue weighted by atomic mass is 16.5. The maximum atomic E-state index is 5.30. The molecule has 0 aromatic heterocycles. The Hall–Kier alpha value is -0.300. The molecule has 0 aliphatic carbocycles. The largest absolute Gasteiger partial charge is 0.377 e. The minimum absolute atomic E-state index is 0.870. The maximum absolute atomic E-state index is 5.30. The van der Waals surface area contributed by atoms with Gasteiger partial charge in [-0.2, -0.15) is 0 Å². The van der Waals surface area contributed by atoms with Crippen LogP contribution in [0.2, 0.25) is 0 Å². The van der Waals surface area contributed by atoms with Crippen LogP contribution < -0.4 is 0 Å². The van der Waals surface area contributed by atoms with Crippen LogP contribution in [0.15, 0.2) is 11.1 Å². The SMILES string of the molecule is CCCC1=C(C)COCC1. The van der Waals surface area contributed by atoms with Gasteiger partial charge in [-0.3, -0.25) is 0 Å². The lowest BCUT2D eigenvalue weighted by molar-refractivity contribution is 0.145. The van der Waals surface area contributed by atoms with Crippen LogP contribution in [-0.4, -0.2) is 13.2 Å². The third-order valence-corrected chi connectivity index (χ3v) is 2.02. The van der Waals surface area contributed by atoms with Gasteiger partial charge in [0.2, 0.25) is 0 Å². The lowest BCUT2D eigenvalue weighted by Crippen LogP contribution is -2.09. The summed E-state index contributed by atoms with van der Waals surface area (Å²) in [7, 11) is 0. The summed E-state index contributed by atoms with van der Waals surface area (Å²) in [5, 5.41) is 0. The molecule has 58 valence electrons. The van der Waals surface area contributed by atoms with E-state index in [1.165, 1.54) is 24.8 Å². The molecular weight excluding hydrogens is 124 g/mol. The van der Waals surface area contributed by atoms with E-state index in [-0.39, 0.29) is 0 Å². The van der Waals surface area contributed by atoms with Crippen molar-refractivity contribution in [3.05, 3.63) is 11.1 Å². The van der Waals surface area contributed by atoms with Crippen LogP contribution in [0.5, 0.6) is 0 Å². The van der Waals surface area contributed by atoms with Crippen LogP contribution in [0, 0.1) is 0 Å². The van der Waals surface area contributed by atoms with Crippen molar-refractivity contribution in [1.82, 2.24) is 0 Å². The molecule has 1 nitrogen and oxygen atoms in total. The molecule has 1 heterocycles. The predicted octanol–water partition coefficient (Wildman–Crippen LogP) is 2.52. The molecule has 0 fully saturated rings. The van der Waals surface area contributed by atoms with E-state index in [2.05, 4.69) is 13.8 Å². The summed E-state index contributed by atoms with van der Waals surface area (Å²) in [6, 6.07) is 0. The standard InChI is InChI=1S/C9H16O/c1-3-4-9-5-6-10-7-8(9)2/h3-7H2,1-2H3. The highest BCUT2D eigenvalue weighted by Gasteiger charge is 2.07. The van der Waals surface area contributed by atoms with Crippen molar-refractivity contribution < 1.29 is 4.74 Å². The zero-order chi connectivity index (χ0) is 7.40. The fourth-order valence-electron chi connectivity index (χ4n) is 1.38. The Morgan fingerprint density at radius 1 is 1.50 bits per heavy atom. The quantitative estimate of drug-likeness (QED) is 0.535. The van der Waals surface area contributed by atoms with E-state index in [4.69, 9.17) is 4.74 Å². The van der Waals surface area contributed by atoms with Crippen molar-refractivity contribution in [2.24, 2.45) is 0 Å². The number of hydrogen-bond acceptors (Lipinski definition) is 1. The first-order chi connectivity index (χ1) is 4.84. The minimum Gasteiger partial charge on any atom is -0.377 e. The number of rotatable bonds is 2. The van der Waals surface area contributed by atoms with Crippen LogP contribution >= 0.6 is 0 Å². The fourth-order valence-corrected chi connectivity index (χ4v) is 1.38. The van der Waals surface area contributed by atoms with Crippen LogP contribution in [-0.2, 0) is 4.74 Å². The Balaban J connectivity index is 2.50. The van der Waals surface area contributed by atoms with Gasteiger partial charge in [-0.25, -0.2) is 0 Å². The van der Waals surface area contributed by atoms with Crippen molar-refractivity contribution in [3.8, 4) is 0 Å². The van der Waals surface area contributed by atoms with Crippen LogP contribution in [0.25, 0.3) is 0 Å². The Bertz CT molecular complexity index is 136. The van der Waals surface area contributed by atoms with Crippen molar-refractivity contribution >= 4 is 0 Å². The first-order valence-electron chi connectivity index (χ1n) is 4.10. The molecule has 0 aromatic carbocycles. The van der Waals surface area contributed by atoms with E-state index >= 15 is 0 Å². The van der Waals surface area contributed by atoms with Gasteiger partial charge in [-0.15, -0.1) is 0 Å². The molecule has 0 radical (unpaired) electrons. The van der Waals surface area contributed by atoms with Crippen molar-refractivity contribution in [3.63, 3.8) is 0 Å². The molecular formula is C9H16O. The fraction of sp³-hybridized carbons (Fsp3) is 0.778. The van der Waals surface area contributed by atoms with Crippen molar-refractivity contribution in [1.29, 1.82) is 0 Å².